The van der Waals surface area contributed by atoms with Gasteiger partial charge >= 0.3 is 18.2 Å². The lowest BCUT2D eigenvalue weighted by atomic mass is 9.92. The number of fused-ring (bicyclic) bond motifs is 2. The van der Waals surface area contributed by atoms with Crippen LogP contribution in [0, 0.1) is 18.8 Å². The maximum absolute atomic E-state index is 13.2. The zero-order valence-corrected chi connectivity index (χ0v) is 20.1. The minimum absolute atomic E-state index is 0.0612. The molecule has 1 saturated heterocycles. The third-order valence-corrected chi connectivity index (χ3v) is 6.63. The molecule has 1 N–H and O–H groups in total. The molecule has 0 amide bonds. The van der Waals surface area contributed by atoms with E-state index in [-0.39, 0.29) is 28.9 Å². The number of alkyl halides is 3. The van der Waals surface area contributed by atoms with Gasteiger partial charge in [-0.15, -0.1) is 5.10 Å². The molecule has 2 bridgehead atoms. The topological polar surface area (TPSA) is 94.1 Å². The molecule has 9 nitrogen and oxygen atoms in total. The molecule has 3 atom stereocenters. The molecule has 0 spiro atoms. The molecule has 2 fully saturated rings. The highest BCUT2D eigenvalue weighted by molar-refractivity contribution is 6.30. The third kappa shape index (κ3) is 4.89. The quantitative estimate of drug-likeness (QED) is 0.474. The van der Waals surface area contributed by atoms with Gasteiger partial charge in [0.25, 0.3) is 0 Å². The van der Waals surface area contributed by atoms with E-state index in [1.807, 2.05) is 13.8 Å². The summed E-state index contributed by atoms with van der Waals surface area (Å²) >= 11 is 5.90. The van der Waals surface area contributed by atoms with Crippen molar-refractivity contribution in [1.82, 2.24) is 24.9 Å². The van der Waals surface area contributed by atoms with Crippen molar-refractivity contribution in [3.8, 4) is 11.8 Å². The second kappa shape index (κ2) is 8.89. The molecular weight excluding hydrogens is 487 g/mol. The van der Waals surface area contributed by atoms with Gasteiger partial charge in [-0.1, -0.05) is 16.8 Å². The van der Waals surface area contributed by atoms with Gasteiger partial charge in [-0.05, 0) is 63.6 Å². The fourth-order valence-electron chi connectivity index (χ4n) is 4.84. The molecular formula is C22H25ClF3N7O2. The number of aromatic nitrogens is 5. The Morgan fingerprint density at radius 1 is 1.14 bits per heavy atom. The molecule has 2 aliphatic rings. The van der Waals surface area contributed by atoms with E-state index >= 15 is 0 Å². The van der Waals surface area contributed by atoms with Crippen molar-refractivity contribution in [3.05, 3.63) is 34.6 Å². The maximum Gasteiger partial charge on any atom is 0.416 e. The van der Waals surface area contributed by atoms with Crippen molar-refractivity contribution in [1.29, 1.82) is 0 Å². The van der Waals surface area contributed by atoms with E-state index in [1.165, 1.54) is 10.7 Å². The van der Waals surface area contributed by atoms with Gasteiger partial charge in [0.05, 0.1) is 11.6 Å². The van der Waals surface area contributed by atoms with E-state index in [9.17, 15) is 13.2 Å². The van der Waals surface area contributed by atoms with E-state index in [0.29, 0.717) is 29.6 Å². The number of piperidine rings is 1. The third-order valence-electron chi connectivity index (χ3n) is 6.41. The average Bonchev–Trinajstić information content (AvgIpc) is 3.43. The number of hydrogen-bond acceptors (Lipinski definition) is 8. The summed E-state index contributed by atoms with van der Waals surface area (Å²) in [5.74, 6) is 1.58. The van der Waals surface area contributed by atoms with Crippen LogP contribution >= 0.6 is 11.6 Å². The summed E-state index contributed by atoms with van der Waals surface area (Å²) in [6.07, 6.45) is -2.46. The van der Waals surface area contributed by atoms with Crippen LogP contribution in [0.1, 0.15) is 44.1 Å². The van der Waals surface area contributed by atoms with Crippen LogP contribution in [0.2, 0.25) is 5.02 Å². The van der Waals surface area contributed by atoms with Gasteiger partial charge in [0, 0.05) is 24.2 Å². The Morgan fingerprint density at radius 3 is 2.46 bits per heavy atom. The summed E-state index contributed by atoms with van der Waals surface area (Å²) in [4.78, 5) is 10.9. The maximum atomic E-state index is 13.2. The van der Waals surface area contributed by atoms with Crippen LogP contribution in [0.25, 0.3) is 0 Å². The van der Waals surface area contributed by atoms with Crippen LogP contribution in [0.4, 0.5) is 25.1 Å². The highest BCUT2D eigenvalue weighted by Gasteiger charge is 2.44. The Balaban J connectivity index is 1.34. The summed E-state index contributed by atoms with van der Waals surface area (Å²) < 4.78 is 52.2. The largest absolute Gasteiger partial charge is 0.424 e. The minimum atomic E-state index is -4.55. The fourth-order valence-corrected chi connectivity index (χ4v) is 5.07. The number of halogens is 4. The molecule has 0 unspecified atom stereocenters. The van der Waals surface area contributed by atoms with Crippen molar-refractivity contribution in [2.24, 2.45) is 11.8 Å². The monoisotopic (exact) mass is 511 g/mol. The van der Waals surface area contributed by atoms with E-state index in [1.54, 1.807) is 6.92 Å². The van der Waals surface area contributed by atoms with E-state index < -0.39 is 11.7 Å². The van der Waals surface area contributed by atoms with Crippen LogP contribution in [-0.2, 0) is 6.18 Å². The Kier molecular flexibility index (Phi) is 6.02. The molecule has 188 valence electrons. The smallest absolute Gasteiger partial charge is 0.416 e. The van der Waals surface area contributed by atoms with Crippen LogP contribution in [0.5, 0.6) is 11.8 Å². The van der Waals surface area contributed by atoms with Crippen LogP contribution in [0.3, 0.4) is 0 Å². The molecule has 1 aliphatic heterocycles. The van der Waals surface area contributed by atoms with Crippen LogP contribution in [0.15, 0.2) is 22.7 Å². The first-order valence-electron chi connectivity index (χ1n) is 11.4. The predicted octanol–water partition coefficient (Wildman–Crippen LogP) is 5.34. The molecule has 2 aromatic heterocycles. The molecule has 5 rings (SSSR count). The molecule has 35 heavy (non-hydrogen) atoms. The van der Waals surface area contributed by atoms with Gasteiger partial charge in [-0.3, -0.25) is 0 Å². The highest BCUT2D eigenvalue weighted by atomic mass is 35.5. The van der Waals surface area contributed by atoms with Gasteiger partial charge in [0.1, 0.15) is 5.75 Å². The summed E-state index contributed by atoms with van der Waals surface area (Å²) in [6, 6.07) is 3.71. The molecule has 1 aromatic carbocycles. The number of nitrogens with zero attached hydrogens (tertiary/aromatic N) is 6. The lowest BCUT2D eigenvalue weighted by Crippen LogP contribution is -2.48. The number of rotatable bonds is 6. The van der Waals surface area contributed by atoms with Gasteiger partial charge in [-0.2, -0.15) is 23.1 Å². The second-order valence-corrected chi connectivity index (χ2v) is 9.76. The molecule has 1 saturated carbocycles. The molecule has 3 heterocycles. The average molecular weight is 512 g/mol. The van der Waals surface area contributed by atoms with E-state index in [2.05, 4.69) is 30.4 Å². The van der Waals surface area contributed by atoms with Gasteiger partial charge in [-0.25, -0.2) is 4.68 Å². The van der Waals surface area contributed by atoms with Crippen molar-refractivity contribution >= 4 is 23.6 Å². The summed E-state index contributed by atoms with van der Waals surface area (Å²) in [7, 11) is 0. The SMILES string of the molecule is Cc1noc(N2C[C@H]3CC[C@@H](C2)[C@H]3Nc2nc(Oc3cc(Cl)cc(C(F)(F)F)c3)n(C(C)C)n2)n1. The summed E-state index contributed by atoms with van der Waals surface area (Å²) in [5.41, 5.74) is -0.895. The Labute approximate surface area is 204 Å². The first kappa shape index (κ1) is 23.7. The summed E-state index contributed by atoms with van der Waals surface area (Å²) in [5, 5.41) is 11.8. The number of nitrogens with one attached hydrogen (secondary N) is 1. The van der Waals surface area contributed by atoms with Crippen LogP contribution in [-0.4, -0.2) is 44.0 Å². The van der Waals surface area contributed by atoms with Gasteiger partial charge in [0.15, 0.2) is 5.82 Å². The van der Waals surface area contributed by atoms with Crippen molar-refractivity contribution in [2.45, 2.75) is 51.9 Å². The van der Waals surface area contributed by atoms with Crippen LogP contribution < -0.4 is 15.0 Å². The highest BCUT2D eigenvalue weighted by Crippen LogP contribution is 2.40. The number of aryl methyl sites for hydroxylation is 1. The van der Waals surface area contributed by atoms with Crippen molar-refractivity contribution in [2.75, 3.05) is 23.3 Å². The Bertz CT molecular complexity index is 1200. The Hall–Kier alpha value is -3.02. The predicted molar refractivity (Wildman–Crippen MR) is 122 cm³/mol. The fraction of sp³-hybridized carbons (Fsp3) is 0.545. The number of benzene rings is 1. The first-order valence-corrected chi connectivity index (χ1v) is 11.8. The second-order valence-electron chi connectivity index (χ2n) is 9.33. The molecule has 0 radical (unpaired) electrons. The standard InChI is InChI=1S/C22H25ClF3N7O2/c1-11(2)33-21(34-17-7-15(22(24,25)26)6-16(23)8-17)29-19(30-33)28-18-13-4-5-14(18)10-32(9-13)20-27-12(3)31-35-20/h6-8,11,13-14,18H,4-5,9-10H2,1-3H3,(H,28,30)/t13-,14+,18+. The molecule has 1 aliphatic carbocycles. The van der Waals surface area contributed by atoms with Crippen molar-refractivity contribution < 1.29 is 22.4 Å². The summed E-state index contributed by atoms with van der Waals surface area (Å²) in [6.45, 7) is 7.11. The van der Waals surface area contributed by atoms with Crippen molar-refractivity contribution in [3.63, 3.8) is 0 Å². The molecule has 13 heteroatoms. The first-order chi connectivity index (χ1) is 16.6. The number of hydrogen-bond donors (Lipinski definition) is 1. The van der Waals surface area contributed by atoms with E-state index in [0.717, 1.165) is 38.1 Å². The van der Waals surface area contributed by atoms with Gasteiger partial charge < -0.3 is 19.5 Å². The minimum Gasteiger partial charge on any atom is -0.424 e. The number of ether oxygens (including phenoxy) is 1. The zero-order chi connectivity index (χ0) is 24.9. The molecule has 3 aromatic rings. The Morgan fingerprint density at radius 2 is 1.86 bits per heavy atom. The lowest BCUT2D eigenvalue weighted by molar-refractivity contribution is -0.137. The lowest BCUT2D eigenvalue weighted by Gasteiger charge is -2.37. The zero-order valence-electron chi connectivity index (χ0n) is 19.4. The van der Waals surface area contributed by atoms with E-state index in [4.69, 9.17) is 20.9 Å². The normalized spacial score (nSPS) is 22.2. The number of anilines is 2. The van der Waals surface area contributed by atoms with Gasteiger partial charge in [0.2, 0.25) is 5.95 Å².